The smallest absolute Gasteiger partial charge is 0.230 e. The van der Waals surface area contributed by atoms with Crippen LogP contribution in [-0.2, 0) is 9.47 Å². The van der Waals surface area contributed by atoms with Gasteiger partial charge in [-0.2, -0.15) is 15.0 Å². The average molecular weight is 401 g/mol. The predicted octanol–water partition coefficient (Wildman–Crippen LogP) is 0.867. The molecule has 2 aromatic rings. The van der Waals surface area contributed by atoms with E-state index in [0.717, 1.165) is 37.4 Å². The first kappa shape index (κ1) is 18.8. The van der Waals surface area contributed by atoms with Gasteiger partial charge in [-0.15, -0.1) is 0 Å². The first-order valence-corrected chi connectivity index (χ1v) is 9.68. The fraction of sp³-hybridized carbons (Fsp3) is 0.444. The maximum absolute atomic E-state index is 5.53. The van der Waals surface area contributed by atoms with E-state index < -0.39 is 0 Å². The number of aromatic nitrogens is 3. The van der Waals surface area contributed by atoms with Gasteiger partial charge in [-0.1, -0.05) is 0 Å². The van der Waals surface area contributed by atoms with Gasteiger partial charge in [0, 0.05) is 37.4 Å². The molecular weight excluding hydrogens is 378 g/mol. The summed E-state index contributed by atoms with van der Waals surface area (Å²) in [6.07, 6.45) is 0. The minimum Gasteiger partial charge on any atom is -0.378 e. The Bertz CT molecular complexity index is 785. The third-order valence-corrected chi connectivity index (χ3v) is 4.71. The minimum absolute atomic E-state index is 0.233. The average Bonchev–Trinajstić information content (AvgIpc) is 2.75. The summed E-state index contributed by atoms with van der Waals surface area (Å²) in [5, 5.41) is 3.15. The van der Waals surface area contributed by atoms with Gasteiger partial charge in [0.2, 0.25) is 11.9 Å². The molecule has 28 heavy (non-hydrogen) atoms. The molecule has 0 aliphatic carbocycles. The summed E-state index contributed by atoms with van der Waals surface area (Å²) < 4.78 is 10.9. The van der Waals surface area contributed by atoms with E-state index in [4.69, 9.17) is 42.4 Å². The number of thiocarbonyl (C=S) groups is 1. The molecule has 0 amide bonds. The Labute approximate surface area is 168 Å². The molecule has 3 N–H and O–H groups in total. The fourth-order valence-electron chi connectivity index (χ4n) is 3.14. The molecule has 10 heteroatoms. The molecule has 0 spiro atoms. The Balaban J connectivity index is 1.67. The number of nitrogens with two attached hydrogens (primary N) is 1. The van der Waals surface area contributed by atoms with Crippen molar-refractivity contribution in [2.24, 2.45) is 5.73 Å². The highest BCUT2D eigenvalue weighted by atomic mass is 32.1. The number of rotatable bonds is 4. The summed E-state index contributed by atoms with van der Waals surface area (Å²) in [5.41, 5.74) is 7.26. The molecule has 2 aliphatic heterocycles. The van der Waals surface area contributed by atoms with Gasteiger partial charge < -0.3 is 30.3 Å². The van der Waals surface area contributed by atoms with Crippen molar-refractivity contribution in [1.29, 1.82) is 0 Å². The number of benzene rings is 1. The third-order valence-electron chi connectivity index (χ3n) is 4.61. The molecule has 4 rings (SSSR count). The lowest BCUT2D eigenvalue weighted by Crippen LogP contribution is -2.40. The first-order valence-electron chi connectivity index (χ1n) is 9.27. The van der Waals surface area contributed by atoms with Crippen LogP contribution in [0.15, 0.2) is 24.3 Å². The van der Waals surface area contributed by atoms with Gasteiger partial charge in [0.25, 0.3) is 0 Å². The van der Waals surface area contributed by atoms with Gasteiger partial charge in [0.05, 0.1) is 26.4 Å². The van der Waals surface area contributed by atoms with Crippen LogP contribution in [0.2, 0.25) is 0 Å². The molecular formula is C18H23N7O2S. The van der Waals surface area contributed by atoms with Crippen LogP contribution in [0.25, 0.3) is 11.4 Å². The largest absolute Gasteiger partial charge is 0.378 e. The molecule has 0 unspecified atom stereocenters. The van der Waals surface area contributed by atoms with E-state index in [1.807, 2.05) is 24.3 Å². The van der Waals surface area contributed by atoms with Crippen molar-refractivity contribution in [3.8, 4) is 11.4 Å². The second kappa shape index (κ2) is 8.63. The van der Waals surface area contributed by atoms with E-state index >= 15 is 0 Å². The molecule has 2 aliphatic rings. The van der Waals surface area contributed by atoms with Gasteiger partial charge in [-0.3, -0.25) is 0 Å². The van der Waals surface area contributed by atoms with Crippen molar-refractivity contribution in [1.82, 2.24) is 15.0 Å². The van der Waals surface area contributed by atoms with Gasteiger partial charge >= 0.3 is 0 Å². The Kier molecular flexibility index (Phi) is 5.79. The quantitative estimate of drug-likeness (QED) is 0.718. The fourth-order valence-corrected chi connectivity index (χ4v) is 3.26. The van der Waals surface area contributed by atoms with Crippen LogP contribution in [0.3, 0.4) is 0 Å². The summed E-state index contributed by atoms with van der Waals surface area (Å²) in [4.78, 5) is 18.5. The zero-order valence-corrected chi connectivity index (χ0v) is 16.3. The van der Waals surface area contributed by atoms with Gasteiger partial charge in [0.15, 0.2) is 10.9 Å². The van der Waals surface area contributed by atoms with Crippen LogP contribution >= 0.6 is 12.2 Å². The minimum atomic E-state index is 0.233. The van der Waals surface area contributed by atoms with Crippen LogP contribution in [0.4, 0.5) is 17.6 Å². The van der Waals surface area contributed by atoms with Gasteiger partial charge in [-0.05, 0) is 36.5 Å². The van der Waals surface area contributed by atoms with E-state index in [1.165, 1.54) is 0 Å². The molecule has 0 atom stereocenters. The lowest BCUT2D eigenvalue weighted by atomic mass is 10.2. The number of nitrogens with zero attached hydrogens (tertiary/aromatic N) is 5. The molecule has 0 saturated carbocycles. The zero-order chi connectivity index (χ0) is 19.3. The van der Waals surface area contributed by atoms with E-state index in [9.17, 15) is 0 Å². The summed E-state index contributed by atoms with van der Waals surface area (Å²) >= 11 is 4.88. The second-order valence-electron chi connectivity index (χ2n) is 6.52. The Morgan fingerprint density at radius 1 is 0.857 bits per heavy atom. The Morgan fingerprint density at radius 3 is 1.82 bits per heavy atom. The summed E-state index contributed by atoms with van der Waals surface area (Å²) in [5.74, 6) is 2.00. The summed E-state index contributed by atoms with van der Waals surface area (Å²) in [7, 11) is 0. The molecule has 9 nitrogen and oxygen atoms in total. The van der Waals surface area contributed by atoms with E-state index in [0.29, 0.717) is 44.1 Å². The normalized spacial score (nSPS) is 17.4. The topological polar surface area (TPSA) is 102 Å². The monoisotopic (exact) mass is 401 g/mol. The standard InChI is InChI=1S/C18H23N7O2S/c19-16(28)20-14-3-1-13(2-4-14)15-21-17(24-5-9-26-10-6-24)23-18(22-15)25-7-11-27-12-8-25/h1-4H,5-12H2,(H3,19,20,28). The molecule has 2 saturated heterocycles. The molecule has 0 bridgehead atoms. The number of hydrogen-bond acceptors (Lipinski definition) is 8. The van der Waals surface area contributed by atoms with Crippen molar-refractivity contribution >= 4 is 34.9 Å². The van der Waals surface area contributed by atoms with Crippen molar-refractivity contribution in [2.45, 2.75) is 0 Å². The van der Waals surface area contributed by atoms with Crippen LogP contribution in [0.1, 0.15) is 0 Å². The predicted molar refractivity (Wildman–Crippen MR) is 112 cm³/mol. The van der Waals surface area contributed by atoms with E-state index in [2.05, 4.69) is 15.1 Å². The van der Waals surface area contributed by atoms with Crippen molar-refractivity contribution in [2.75, 3.05) is 67.7 Å². The highest BCUT2D eigenvalue weighted by Crippen LogP contribution is 2.24. The maximum Gasteiger partial charge on any atom is 0.230 e. The van der Waals surface area contributed by atoms with Gasteiger partial charge in [-0.25, -0.2) is 0 Å². The van der Waals surface area contributed by atoms with Crippen LogP contribution in [0.5, 0.6) is 0 Å². The zero-order valence-electron chi connectivity index (χ0n) is 15.5. The summed E-state index contributed by atoms with van der Waals surface area (Å²) in [6, 6.07) is 7.70. The number of anilines is 3. The van der Waals surface area contributed by atoms with Crippen molar-refractivity contribution in [3.05, 3.63) is 24.3 Å². The van der Waals surface area contributed by atoms with Crippen LogP contribution in [-0.4, -0.2) is 72.7 Å². The van der Waals surface area contributed by atoms with Gasteiger partial charge in [0.1, 0.15) is 0 Å². The molecule has 148 valence electrons. The van der Waals surface area contributed by atoms with Crippen molar-refractivity contribution in [3.63, 3.8) is 0 Å². The highest BCUT2D eigenvalue weighted by Gasteiger charge is 2.21. The number of morpholine rings is 2. The number of hydrogen-bond donors (Lipinski definition) is 2. The molecule has 1 aromatic carbocycles. The molecule has 3 heterocycles. The number of nitrogens with one attached hydrogen (secondary N) is 1. The Hall–Kier alpha value is -2.56. The first-order chi connectivity index (χ1) is 13.7. The number of ether oxygens (including phenoxy) is 2. The molecule has 1 aromatic heterocycles. The highest BCUT2D eigenvalue weighted by molar-refractivity contribution is 7.80. The Morgan fingerprint density at radius 2 is 1.36 bits per heavy atom. The maximum atomic E-state index is 5.53. The molecule has 0 radical (unpaired) electrons. The van der Waals surface area contributed by atoms with E-state index in [1.54, 1.807) is 0 Å². The second-order valence-corrected chi connectivity index (χ2v) is 6.96. The van der Waals surface area contributed by atoms with Crippen LogP contribution < -0.4 is 20.9 Å². The lowest BCUT2D eigenvalue weighted by molar-refractivity contribution is 0.121. The third kappa shape index (κ3) is 4.46. The molecule has 2 fully saturated rings. The van der Waals surface area contributed by atoms with Crippen LogP contribution in [0, 0.1) is 0 Å². The van der Waals surface area contributed by atoms with E-state index in [-0.39, 0.29) is 5.11 Å². The SMILES string of the molecule is NC(=S)Nc1ccc(-c2nc(N3CCOCC3)nc(N3CCOCC3)n2)cc1. The van der Waals surface area contributed by atoms with Crippen molar-refractivity contribution < 1.29 is 9.47 Å². The lowest BCUT2D eigenvalue weighted by Gasteiger charge is -2.30. The summed E-state index contributed by atoms with van der Waals surface area (Å²) in [6.45, 7) is 5.76.